The topological polar surface area (TPSA) is 65.1 Å². The first-order valence-corrected chi connectivity index (χ1v) is 12.7. The first-order valence-electron chi connectivity index (χ1n) is 9.75. The largest absolute Gasteiger partial charge is 0.469 e. The molecule has 1 saturated heterocycles. The number of esters is 1. The second-order valence-corrected chi connectivity index (χ2v) is 13.7. The van der Waals surface area contributed by atoms with Crippen LogP contribution in [0.2, 0.25) is 18.1 Å². The van der Waals surface area contributed by atoms with E-state index in [4.69, 9.17) is 13.9 Å². The van der Waals surface area contributed by atoms with Gasteiger partial charge in [0, 0.05) is 13.1 Å². The molecule has 1 fully saturated rings. The molecule has 1 heterocycles. The minimum atomic E-state index is -2.03. The Morgan fingerprint density at radius 2 is 1.79 bits per heavy atom. The molecule has 0 aliphatic carbocycles. The second-order valence-electron chi connectivity index (χ2n) is 8.90. The van der Waals surface area contributed by atoms with E-state index in [1.165, 1.54) is 7.11 Å². The standard InChI is InChI=1S/C21H33NO5Si/c1-21(2,3)28(5,6)27-18-12-17(19(23)25-4)13-22(14-18)20(24)26-15-16-10-8-7-9-11-16/h7-11,17-18H,12-15H2,1-6H3. The summed E-state index contributed by atoms with van der Waals surface area (Å²) in [5, 5.41) is 0.0455. The summed E-state index contributed by atoms with van der Waals surface area (Å²) >= 11 is 0. The fourth-order valence-electron chi connectivity index (χ4n) is 3.03. The van der Waals surface area contributed by atoms with Crippen molar-refractivity contribution in [2.45, 2.75) is 58.0 Å². The summed E-state index contributed by atoms with van der Waals surface area (Å²) < 4.78 is 16.9. The van der Waals surface area contributed by atoms with Crippen LogP contribution in [-0.4, -0.2) is 51.6 Å². The Morgan fingerprint density at radius 1 is 1.14 bits per heavy atom. The van der Waals surface area contributed by atoms with Gasteiger partial charge in [-0.05, 0) is 30.1 Å². The Balaban J connectivity index is 2.07. The van der Waals surface area contributed by atoms with E-state index >= 15 is 0 Å². The quantitative estimate of drug-likeness (QED) is 0.540. The maximum atomic E-state index is 12.6. The SMILES string of the molecule is COC(=O)C1CC(O[Si](C)(C)C(C)(C)C)CN(C(=O)OCc2ccccc2)C1. The highest BCUT2D eigenvalue weighted by Gasteiger charge is 2.43. The number of benzene rings is 1. The van der Waals surface area contributed by atoms with Gasteiger partial charge >= 0.3 is 12.1 Å². The second kappa shape index (κ2) is 9.09. The van der Waals surface area contributed by atoms with Crippen LogP contribution in [0.1, 0.15) is 32.8 Å². The maximum Gasteiger partial charge on any atom is 0.410 e. The fraction of sp³-hybridized carbons (Fsp3) is 0.619. The number of likely N-dealkylation sites (tertiary alicyclic amines) is 1. The normalized spacial score (nSPS) is 20.6. The molecule has 6 nitrogen and oxygen atoms in total. The van der Waals surface area contributed by atoms with Crippen LogP contribution in [0.4, 0.5) is 4.79 Å². The predicted octanol–water partition coefficient (Wildman–Crippen LogP) is 4.21. The van der Waals surface area contributed by atoms with Crippen molar-refractivity contribution in [3.05, 3.63) is 35.9 Å². The van der Waals surface area contributed by atoms with Crippen molar-refractivity contribution in [3.8, 4) is 0 Å². The van der Waals surface area contributed by atoms with Crippen LogP contribution in [0, 0.1) is 5.92 Å². The zero-order valence-electron chi connectivity index (χ0n) is 17.9. The minimum absolute atomic E-state index is 0.0455. The van der Waals surface area contributed by atoms with Crippen molar-refractivity contribution >= 4 is 20.4 Å². The minimum Gasteiger partial charge on any atom is -0.469 e. The average molecular weight is 408 g/mol. The van der Waals surface area contributed by atoms with Gasteiger partial charge in [-0.15, -0.1) is 0 Å². The molecule has 0 saturated carbocycles. The summed E-state index contributed by atoms with van der Waals surface area (Å²) in [4.78, 5) is 26.4. The third-order valence-corrected chi connectivity index (χ3v) is 10.2. The molecular weight excluding hydrogens is 374 g/mol. The molecule has 1 amide bonds. The van der Waals surface area contributed by atoms with Gasteiger partial charge in [-0.3, -0.25) is 4.79 Å². The summed E-state index contributed by atoms with van der Waals surface area (Å²) in [6.07, 6.45) is -0.0777. The van der Waals surface area contributed by atoms with Crippen molar-refractivity contribution in [2.75, 3.05) is 20.2 Å². The lowest BCUT2D eigenvalue weighted by Crippen LogP contribution is -2.53. The molecule has 0 spiro atoms. The van der Waals surface area contributed by atoms with Gasteiger partial charge < -0.3 is 18.8 Å². The third kappa shape index (κ3) is 5.82. The summed E-state index contributed by atoms with van der Waals surface area (Å²) in [5.74, 6) is -0.720. The third-order valence-electron chi connectivity index (χ3n) is 5.68. The van der Waals surface area contributed by atoms with Gasteiger partial charge in [-0.25, -0.2) is 4.79 Å². The number of carbonyl (C=O) groups is 2. The molecule has 2 unspecified atom stereocenters. The van der Waals surface area contributed by atoms with Crippen molar-refractivity contribution in [1.82, 2.24) is 4.90 Å². The summed E-state index contributed by atoms with van der Waals surface area (Å²) in [6.45, 7) is 11.8. The number of rotatable bonds is 5. The highest BCUT2D eigenvalue weighted by atomic mass is 28.4. The molecule has 28 heavy (non-hydrogen) atoms. The number of hydrogen-bond donors (Lipinski definition) is 0. The van der Waals surface area contributed by atoms with Gasteiger partial charge in [-0.2, -0.15) is 0 Å². The smallest absolute Gasteiger partial charge is 0.410 e. The van der Waals surface area contributed by atoms with Crippen molar-refractivity contribution in [3.63, 3.8) is 0 Å². The molecule has 2 rings (SSSR count). The van der Waals surface area contributed by atoms with Gasteiger partial charge in [0.1, 0.15) is 6.61 Å². The molecule has 1 aliphatic rings. The first-order chi connectivity index (χ1) is 13.0. The number of nitrogens with zero attached hydrogens (tertiary/aromatic N) is 1. The Kier molecular flexibility index (Phi) is 7.28. The molecule has 1 aromatic rings. The highest BCUT2D eigenvalue weighted by Crippen LogP contribution is 2.38. The lowest BCUT2D eigenvalue weighted by molar-refractivity contribution is -0.148. The van der Waals surface area contributed by atoms with E-state index in [-0.39, 0.29) is 30.3 Å². The molecule has 1 aromatic carbocycles. The molecule has 0 aromatic heterocycles. The van der Waals surface area contributed by atoms with Gasteiger partial charge in [0.15, 0.2) is 8.32 Å². The molecule has 1 aliphatic heterocycles. The molecule has 156 valence electrons. The van der Waals surface area contributed by atoms with Crippen LogP contribution in [0.25, 0.3) is 0 Å². The Morgan fingerprint density at radius 3 is 2.36 bits per heavy atom. The van der Waals surface area contributed by atoms with Crippen LogP contribution in [0.15, 0.2) is 30.3 Å². The molecule has 7 heteroatoms. The van der Waals surface area contributed by atoms with E-state index < -0.39 is 20.3 Å². The van der Waals surface area contributed by atoms with Crippen LogP contribution in [0.3, 0.4) is 0 Å². The fourth-order valence-corrected chi connectivity index (χ4v) is 4.39. The molecule has 2 atom stereocenters. The number of hydrogen-bond acceptors (Lipinski definition) is 5. The van der Waals surface area contributed by atoms with E-state index in [0.29, 0.717) is 13.0 Å². The zero-order valence-corrected chi connectivity index (χ0v) is 18.9. The van der Waals surface area contributed by atoms with Crippen LogP contribution in [0.5, 0.6) is 0 Å². The molecular formula is C21H33NO5Si. The van der Waals surface area contributed by atoms with E-state index in [1.54, 1.807) is 4.90 Å². The first kappa shape index (κ1) is 22.4. The monoisotopic (exact) mass is 407 g/mol. The van der Waals surface area contributed by atoms with Crippen molar-refractivity contribution in [2.24, 2.45) is 5.92 Å². The molecule has 0 N–H and O–H groups in total. The van der Waals surface area contributed by atoms with Gasteiger partial charge in [0.05, 0.1) is 19.1 Å². The lowest BCUT2D eigenvalue weighted by atomic mass is 9.96. The highest BCUT2D eigenvalue weighted by molar-refractivity contribution is 6.74. The van der Waals surface area contributed by atoms with E-state index in [9.17, 15) is 9.59 Å². The Bertz CT molecular complexity index is 671. The Labute approximate surface area is 169 Å². The zero-order chi connectivity index (χ0) is 20.9. The number of methoxy groups -OCH3 is 1. The van der Waals surface area contributed by atoms with Gasteiger partial charge in [0.25, 0.3) is 0 Å². The van der Waals surface area contributed by atoms with E-state index in [2.05, 4.69) is 33.9 Å². The number of ether oxygens (including phenoxy) is 2. The summed E-state index contributed by atoms with van der Waals surface area (Å²) in [6, 6.07) is 9.54. The summed E-state index contributed by atoms with van der Waals surface area (Å²) in [5.41, 5.74) is 0.923. The van der Waals surface area contributed by atoms with Crippen molar-refractivity contribution < 1.29 is 23.5 Å². The number of carbonyl (C=O) groups excluding carboxylic acids is 2. The van der Waals surface area contributed by atoms with E-state index in [0.717, 1.165) is 5.56 Å². The molecule has 0 bridgehead atoms. The molecule has 0 radical (unpaired) electrons. The van der Waals surface area contributed by atoms with Crippen molar-refractivity contribution in [1.29, 1.82) is 0 Å². The van der Waals surface area contributed by atoms with Gasteiger partial charge in [-0.1, -0.05) is 51.1 Å². The average Bonchev–Trinajstić information content (AvgIpc) is 2.64. The van der Waals surface area contributed by atoms with Crippen LogP contribution in [-0.2, 0) is 25.3 Å². The predicted molar refractivity (Wildman–Crippen MR) is 110 cm³/mol. The van der Waals surface area contributed by atoms with Crippen LogP contribution < -0.4 is 0 Å². The number of amides is 1. The Hall–Kier alpha value is -1.86. The van der Waals surface area contributed by atoms with Gasteiger partial charge in [0.2, 0.25) is 0 Å². The maximum absolute atomic E-state index is 12.6. The summed E-state index contributed by atoms with van der Waals surface area (Å²) in [7, 11) is -0.660. The van der Waals surface area contributed by atoms with Crippen LogP contribution >= 0.6 is 0 Å². The van der Waals surface area contributed by atoms with E-state index in [1.807, 2.05) is 30.3 Å². The lowest BCUT2D eigenvalue weighted by Gasteiger charge is -2.43. The number of piperidine rings is 1.